The first-order valence-electron chi connectivity index (χ1n) is 7.82. The molecule has 122 valence electrons. The van der Waals surface area contributed by atoms with Crippen LogP contribution >= 0.6 is 0 Å². The highest BCUT2D eigenvalue weighted by Gasteiger charge is 2.14. The average Bonchev–Trinajstić information content (AvgIpc) is 2.54. The van der Waals surface area contributed by atoms with E-state index in [9.17, 15) is 4.79 Å². The third-order valence-corrected chi connectivity index (χ3v) is 3.89. The van der Waals surface area contributed by atoms with Gasteiger partial charge in [0.15, 0.2) is 0 Å². The molecular weight excluding hydrogens is 288 g/mol. The Morgan fingerprint density at radius 2 is 1.78 bits per heavy atom. The summed E-state index contributed by atoms with van der Waals surface area (Å²) in [4.78, 5) is 11.8. The molecule has 2 aromatic carbocycles. The fourth-order valence-electron chi connectivity index (χ4n) is 2.73. The normalized spacial score (nSPS) is 10.7. The molecule has 0 fully saturated rings. The Morgan fingerprint density at radius 3 is 2.39 bits per heavy atom. The maximum absolute atomic E-state index is 11.8. The minimum absolute atomic E-state index is 0.302. The summed E-state index contributed by atoms with van der Waals surface area (Å²) in [6.45, 7) is 6.43. The Balaban J connectivity index is 2.59. The lowest BCUT2D eigenvalue weighted by molar-refractivity contribution is 0.0600. The van der Waals surface area contributed by atoms with Crippen molar-refractivity contribution in [2.24, 2.45) is 5.92 Å². The van der Waals surface area contributed by atoms with Gasteiger partial charge in [0.2, 0.25) is 0 Å². The van der Waals surface area contributed by atoms with Gasteiger partial charge in [-0.2, -0.15) is 0 Å². The summed E-state index contributed by atoms with van der Waals surface area (Å²) in [5, 5.41) is 0. The van der Waals surface area contributed by atoms with Crippen LogP contribution in [0.4, 0.5) is 0 Å². The van der Waals surface area contributed by atoms with Crippen LogP contribution in [-0.2, 0) is 11.2 Å². The number of ether oxygens (including phenoxy) is 2. The Bertz CT molecular complexity index is 702. The number of hydrogen-bond donors (Lipinski definition) is 0. The molecule has 0 amide bonds. The van der Waals surface area contributed by atoms with Crippen molar-refractivity contribution in [3.05, 3.63) is 53.1 Å². The molecule has 0 aliphatic carbocycles. The molecule has 3 nitrogen and oxygen atoms in total. The van der Waals surface area contributed by atoms with E-state index in [2.05, 4.69) is 26.8 Å². The summed E-state index contributed by atoms with van der Waals surface area (Å²) < 4.78 is 10.2. The van der Waals surface area contributed by atoms with Crippen LogP contribution in [0.1, 0.15) is 35.3 Å². The lowest BCUT2D eigenvalue weighted by atomic mass is 9.90. The van der Waals surface area contributed by atoms with Gasteiger partial charge in [-0.15, -0.1) is 0 Å². The first-order valence-corrected chi connectivity index (χ1v) is 7.82. The van der Waals surface area contributed by atoms with Gasteiger partial charge in [-0.05, 0) is 65.8 Å². The highest BCUT2D eigenvalue weighted by molar-refractivity contribution is 5.90. The molecule has 23 heavy (non-hydrogen) atoms. The quantitative estimate of drug-likeness (QED) is 0.754. The van der Waals surface area contributed by atoms with Crippen LogP contribution in [0, 0.1) is 12.8 Å². The van der Waals surface area contributed by atoms with E-state index in [4.69, 9.17) is 9.47 Å². The van der Waals surface area contributed by atoms with Crippen LogP contribution in [0.25, 0.3) is 11.1 Å². The summed E-state index contributed by atoms with van der Waals surface area (Å²) in [6.07, 6.45) is 0.900. The third kappa shape index (κ3) is 3.92. The Labute approximate surface area is 138 Å². The number of carbonyl (C=O) groups is 1. The van der Waals surface area contributed by atoms with E-state index in [1.54, 1.807) is 7.11 Å². The molecule has 0 spiro atoms. The largest absolute Gasteiger partial charge is 0.497 e. The van der Waals surface area contributed by atoms with Crippen LogP contribution in [0.3, 0.4) is 0 Å². The molecule has 2 aromatic rings. The number of hydrogen-bond acceptors (Lipinski definition) is 3. The van der Waals surface area contributed by atoms with E-state index in [-0.39, 0.29) is 5.97 Å². The van der Waals surface area contributed by atoms with Crippen LogP contribution in [0.15, 0.2) is 36.4 Å². The zero-order valence-corrected chi connectivity index (χ0v) is 14.5. The first kappa shape index (κ1) is 17.1. The van der Waals surface area contributed by atoms with Crippen LogP contribution in [0.2, 0.25) is 0 Å². The fraction of sp³-hybridized carbons (Fsp3) is 0.350. The van der Waals surface area contributed by atoms with Gasteiger partial charge in [-0.25, -0.2) is 4.79 Å². The van der Waals surface area contributed by atoms with E-state index in [1.807, 2.05) is 30.3 Å². The summed E-state index contributed by atoms with van der Waals surface area (Å²) in [7, 11) is 3.08. The molecule has 3 heteroatoms. The highest BCUT2D eigenvalue weighted by Crippen LogP contribution is 2.32. The number of carbonyl (C=O) groups excluding carboxylic acids is 1. The van der Waals surface area contributed by atoms with Crippen molar-refractivity contribution in [1.29, 1.82) is 0 Å². The summed E-state index contributed by atoms with van der Waals surface area (Å²) in [5.41, 5.74) is 5.20. The van der Waals surface area contributed by atoms with Crippen molar-refractivity contribution < 1.29 is 14.3 Å². The number of benzene rings is 2. The summed E-state index contributed by atoms with van der Waals surface area (Å²) >= 11 is 0. The predicted octanol–water partition coefficient (Wildman–Crippen LogP) is 4.66. The third-order valence-electron chi connectivity index (χ3n) is 3.89. The molecule has 0 unspecified atom stereocenters. The fourth-order valence-corrected chi connectivity index (χ4v) is 2.73. The standard InChI is InChI=1S/C20H24O3/c1-13(2)10-16-11-15(20(21)23-5)7-9-18(16)19-12-17(22-4)8-6-14(19)3/h6-9,11-13H,10H2,1-5H3. The second-order valence-electron chi connectivity index (χ2n) is 6.14. The number of rotatable bonds is 5. The maximum atomic E-state index is 11.8. The van der Waals surface area contributed by atoms with Gasteiger partial charge in [0.1, 0.15) is 5.75 Å². The van der Waals surface area contributed by atoms with Crippen molar-refractivity contribution in [1.82, 2.24) is 0 Å². The van der Waals surface area contributed by atoms with E-state index in [1.165, 1.54) is 12.7 Å². The monoisotopic (exact) mass is 312 g/mol. The summed E-state index contributed by atoms with van der Waals surface area (Å²) in [5.74, 6) is 1.02. The molecule has 0 saturated carbocycles. The topological polar surface area (TPSA) is 35.5 Å². The van der Waals surface area contributed by atoms with Crippen LogP contribution in [0.5, 0.6) is 5.75 Å². The van der Waals surface area contributed by atoms with E-state index < -0.39 is 0 Å². The highest BCUT2D eigenvalue weighted by atomic mass is 16.5. The first-order chi connectivity index (χ1) is 11.0. The zero-order chi connectivity index (χ0) is 17.0. The molecule has 0 bridgehead atoms. The molecule has 0 heterocycles. The molecular formula is C20H24O3. The van der Waals surface area contributed by atoms with Crippen molar-refractivity contribution >= 4 is 5.97 Å². The molecule has 0 radical (unpaired) electrons. The van der Waals surface area contributed by atoms with Crippen molar-refractivity contribution in [3.8, 4) is 16.9 Å². The van der Waals surface area contributed by atoms with Gasteiger partial charge < -0.3 is 9.47 Å². The van der Waals surface area contributed by atoms with Crippen LogP contribution in [-0.4, -0.2) is 20.2 Å². The minimum Gasteiger partial charge on any atom is -0.497 e. The molecule has 0 aliphatic heterocycles. The Morgan fingerprint density at radius 1 is 1.04 bits per heavy atom. The van der Waals surface area contributed by atoms with Gasteiger partial charge in [-0.3, -0.25) is 0 Å². The predicted molar refractivity (Wildman–Crippen MR) is 93.0 cm³/mol. The van der Waals surface area contributed by atoms with E-state index >= 15 is 0 Å². The van der Waals surface area contributed by atoms with E-state index in [0.717, 1.165) is 28.9 Å². The second kappa shape index (κ2) is 7.32. The van der Waals surface area contributed by atoms with E-state index in [0.29, 0.717) is 11.5 Å². The second-order valence-corrected chi connectivity index (χ2v) is 6.14. The number of methoxy groups -OCH3 is 2. The van der Waals surface area contributed by atoms with Crippen molar-refractivity contribution in [3.63, 3.8) is 0 Å². The smallest absolute Gasteiger partial charge is 0.337 e. The lowest BCUT2D eigenvalue weighted by Gasteiger charge is -2.16. The SMILES string of the molecule is COC(=O)c1ccc(-c2cc(OC)ccc2C)c(CC(C)C)c1. The number of esters is 1. The molecule has 2 rings (SSSR count). The maximum Gasteiger partial charge on any atom is 0.337 e. The Kier molecular flexibility index (Phi) is 5.43. The average molecular weight is 312 g/mol. The molecule has 0 atom stereocenters. The molecule has 0 N–H and O–H groups in total. The van der Waals surface area contributed by atoms with Gasteiger partial charge in [-0.1, -0.05) is 26.0 Å². The van der Waals surface area contributed by atoms with Crippen LogP contribution < -0.4 is 4.74 Å². The lowest BCUT2D eigenvalue weighted by Crippen LogP contribution is -2.05. The van der Waals surface area contributed by atoms with Gasteiger partial charge in [0, 0.05) is 0 Å². The summed E-state index contributed by atoms with van der Waals surface area (Å²) in [6, 6.07) is 11.8. The van der Waals surface area contributed by atoms with Gasteiger partial charge >= 0.3 is 5.97 Å². The molecule has 0 aromatic heterocycles. The minimum atomic E-state index is -0.302. The number of aryl methyl sites for hydroxylation is 1. The van der Waals surface area contributed by atoms with Crippen molar-refractivity contribution in [2.45, 2.75) is 27.2 Å². The zero-order valence-electron chi connectivity index (χ0n) is 14.5. The molecule has 0 aliphatic rings. The Hall–Kier alpha value is -2.29. The van der Waals surface area contributed by atoms with Gasteiger partial charge in [0.05, 0.1) is 19.8 Å². The van der Waals surface area contributed by atoms with Gasteiger partial charge in [0.25, 0.3) is 0 Å². The van der Waals surface area contributed by atoms with Crippen molar-refractivity contribution in [2.75, 3.05) is 14.2 Å². The molecule has 0 saturated heterocycles.